The van der Waals surface area contributed by atoms with Crippen molar-refractivity contribution >= 4 is 17.1 Å². The fourth-order valence-electron chi connectivity index (χ4n) is 2.08. The van der Waals surface area contributed by atoms with E-state index in [2.05, 4.69) is 10.6 Å². The molecule has 0 aliphatic carbocycles. The SMILES string of the molecule is COc1cc(C#N)ccc1Nc1c(NC(C)C(C)(C)C)c(=O)c1=O. The highest BCUT2D eigenvalue weighted by Crippen LogP contribution is 2.31. The summed E-state index contributed by atoms with van der Waals surface area (Å²) in [6, 6.07) is 6.85. The Kier molecular flexibility index (Phi) is 4.65. The smallest absolute Gasteiger partial charge is 0.253 e. The van der Waals surface area contributed by atoms with E-state index in [0.717, 1.165) is 0 Å². The van der Waals surface area contributed by atoms with Gasteiger partial charge in [-0.2, -0.15) is 5.26 Å². The van der Waals surface area contributed by atoms with Gasteiger partial charge < -0.3 is 15.4 Å². The van der Waals surface area contributed by atoms with Crippen LogP contribution in [0.2, 0.25) is 0 Å². The number of nitrogens with one attached hydrogen (secondary N) is 2. The van der Waals surface area contributed by atoms with Crippen molar-refractivity contribution in [2.75, 3.05) is 17.7 Å². The Bertz CT molecular complexity index is 865. The molecule has 0 saturated carbocycles. The molecule has 0 heterocycles. The van der Waals surface area contributed by atoms with Crippen LogP contribution in [-0.4, -0.2) is 13.2 Å². The van der Waals surface area contributed by atoms with E-state index in [1.807, 2.05) is 33.8 Å². The Morgan fingerprint density at radius 3 is 2.33 bits per heavy atom. The summed E-state index contributed by atoms with van der Waals surface area (Å²) in [7, 11) is 1.48. The molecule has 1 unspecified atom stereocenters. The van der Waals surface area contributed by atoms with Gasteiger partial charge in [0.25, 0.3) is 10.9 Å². The first-order valence-electron chi connectivity index (χ1n) is 7.64. The predicted molar refractivity (Wildman–Crippen MR) is 94.9 cm³/mol. The summed E-state index contributed by atoms with van der Waals surface area (Å²) >= 11 is 0. The van der Waals surface area contributed by atoms with Gasteiger partial charge in [0.2, 0.25) is 0 Å². The van der Waals surface area contributed by atoms with Gasteiger partial charge in [-0.25, -0.2) is 0 Å². The number of hydrogen-bond donors (Lipinski definition) is 2. The topological polar surface area (TPSA) is 91.2 Å². The molecule has 126 valence electrons. The molecule has 2 rings (SSSR count). The molecule has 24 heavy (non-hydrogen) atoms. The second-order valence-electron chi connectivity index (χ2n) is 6.79. The minimum absolute atomic E-state index is 0.00390. The Morgan fingerprint density at radius 2 is 1.79 bits per heavy atom. The Balaban J connectivity index is 2.33. The number of hydrogen-bond acceptors (Lipinski definition) is 6. The lowest BCUT2D eigenvalue weighted by Gasteiger charge is -2.30. The van der Waals surface area contributed by atoms with E-state index in [0.29, 0.717) is 17.0 Å². The van der Waals surface area contributed by atoms with E-state index in [1.54, 1.807) is 18.2 Å². The van der Waals surface area contributed by atoms with Crippen molar-refractivity contribution in [3.63, 3.8) is 0 Å². The van der Waals surface area contributed by atoms with Crippen LogP contribution in [-0.2, 0) is 0 Å². The quantitative estimate of drug-likeness (QED) is 0.821. The molecule has 1 atom stereocenters. The number of benzene rings is 1. The summed E-state index contributed by atoms with van der Waals surface area (Å²) in [5, 5.41) is 15.0. The maximum absolute atomic E-state index is 11.9. The van der Waals surface area contributed by atoms with Crippen molar-refractivity contribution in [1.29, 1.82) is 5.26 Å². The standard InChI is InChI=1S/C18H21N3O3/c1-10(18(2,3)4)20-14-15(17(23)16(14)22)21-12-7-6-11(9-19)8-13(12)24-5/h6-8,10,20-21H,1-5H3. The van der Waals surface area contributed by atoms with Crippen molar-refractivity contribution < 1.29 is 4.74 Å². The van der Waals surface area contributed by atoms with Gasteiger partial charge in [0.15, 0.2) is 0 Å². The van der Waals surface area contributed by atoms with Gasteiger partial charge >= 0.3 is 0 Å². The number of ether oxygens (including phenoxy) is 1. The van der Waals surface area contributed by atoms with Crippen LogP contribution in [0.3, 0.4) is 0 Å². The monoisotopic (exact) mass is 327 g/mol. The summed E-state index contributed by atoms with van der Waals surface area (Å²) in [6.07, 6.45) is 0. The molecule has 0 radical (unpaired) electrons. The van der Waals surface area contributed by atoms with Gasteiger partial charge in [-0.3, -0.25) is 9.59 Å². The predicted octanol–water partition coefficient (Wildman–Crippen LogP) is 2.75. The summed E-state index contributed by atoms with van der Waals surface area (Å²) < 4.78 is 5.24. The first kappa shape index (κ1) is 17.5. The Labute approximate surface area is 140 Å². The highest BCUT2D eigenvalue weighted by Gasteiger charge is 2.27. The highest BCUT2D eigenvalue weighted by atomic mass is 16.5. The third-order valence-corrected chi connectivity index (χ3v) is 4.16. The van der Waals surface area contributed by atoms with Gasteiger partial charge in [0.05, 0.1) is 24.4 Å². The van der Waals surface area contributed by atoms with Crippen molar-refractivity contribution in [1.82, 2.24) is 0 Å². The molecule has 0 amide bonds. The van der Waals surface area contributed by atoms with Crippen LogP contribution in [0.15, 0.2) is 27.8 Å². The summed E-state index contributed by atoms with van der Waals surface area (Å²) in [6.45, 7) is 8.11. The number of rotatable bonds is 5. The molecule has 6 nitrogen and oxygen atoms in total. The van der Waals surface area contributed by atoms with E-state index in [4.69, 9.17) is 10.00 Å². The molecule has 2 N–H and O–H groups in total. The molecule has 0 aromatic heterocycles. The third-order valence-electron chi connectivity index (χ3n) is 4.16. The molecule has 6 heteroatoms. The van der Waals surface area contributed by atoms with Gasteiger partial charge in [-0.05, 0) is 24.5 Å². The van der Waals surface area contributed by atoms with Crippen molar-refractivity contribution in [2.24, 2.45) is 5.41 Å². The van der Waals surface area contributed by atoms with E-state index in [1.165, 1.54) is 7.11 Å². The van der Waals surface area contributed by atoms with Gasteiger partial charge in [0, 0.05) is 12.1 Å². The van der Waals surface area contributed by atoms with Crippen molar-refractivity contribution in [2.45, 2.75) is 33.7 Å². The number of nitriles is 1. The zero-order chi connectivity index (χ0) is 18.1. The molecule has 0 saturated heterocycles. The fraction of sp³-hybridized carbons (Fsp3) is 0.389. The molecule has 2 aromatic carbocycles. The van der Waals surface area contributed by atoms with Crippen molar-refractivity contribution in [3.8, 4) is 11.8 Å². The minimum atomic E-state index is -0.565. The van der Waals surface area contributed by atoms with E-state index in [9.17, 15) is 9.59 Å². The second kappa shape index (κ2) is 6.36. The van der Waals surface area contributed by atoms with E-state index in [-0.39, 0.29) is 22.8 Å². The van der Waals surface area contributed by atoms with Crippen LogP contribution in [0.1, 0.15) is 33.3 Å². The van der Waals surface area contributed by atoms with E-state index >= 15 is 0 Å². The van der Waals surface area contributed by atoms with Crippen LogP contribution in [0.25, 0.3) is 0 Å². The molecular weight excluding hydrogens is 306 g/mol. The normalized spacial score (nSPS) is 12.5. The lowest BCUT2D eigenvalue weighted by molar-refractivity contribution is 0.359. The average Bonchev–Trinajstić information content (AvgIpc) is 2.56. The summed E-state index contributed by atoms with van der Waals surface area (Å²) in [4.78, 5) is 23.8. The summed E-state index contributed by atoms with van der Waals surface area (Å²) in [5.41, 5.74) is 0.319. The molecule has 2 aromatic rings. The van der Waals surface area contributed by atoms with Gasteiger partial charge in [-0.1, -0.05) is 20.8 Å². The maximum atomic E-state index is 11.9. The fourth-order valence-corrected chi connectivity index (χ4v) is 2.08. The Morgan fingerprint density at radius 1 is 1.17 bits per heavy atom. The molecule has 0 fully saturated rings. The molecule has 0 aliphatic heterocycles. The van der Waals surface area contributed by atoms with Crippen LogP contribution < -0.4 is 26.2 Å². The zero-order valence-electron chi connectivity index (χ0n) is 14.5. The first-order valence-corrected chi connectivity index (χ1v) is 7.64. The molecule has 0 bridgehead atoms. The Hall–Kier alpha value is -2.81. The van der Waals surface area contributed by atoms with Crippen LogP contribution in [0.5, 0.6) is 5.75 Å². The van der Waals surface area contributed by atoms with Crippen molar-refractivity contribution in [3.05, 3.63) is 44.2 Å². The average molecular weight is 327 g/mol. The largest absolute Gasteiger partial charge is 0.495 e. The van der Waals surface area contributed by atoms with Crippen LogP contribution >= 0.6 is 0 Å². The number of anilines is 3. The van der Waals surface area contributed by atoms with Crippen LogP contribution in [0, 0.1) is 16.7 Å². The molecule has 0 spiro atoms. The summed E-state index contributed by atoms with van der Waals surface area (Å²) in [5.74, 6) is 0.428. The van der Waals surface area contributed by atoms with Crippen LogP contribution in [0.4, 0.5) is 17.1 Å². The lowest BCUT2D eigenvalue weighted by Crippen LogP contribution is -2.41. The zero-order valence-corrected chi connectivity index (χ0v) is 14.5. The van der Waals surface area contributed by atoms with E-state index < -0.39 is 10.9 Å². The molecular formula is C18H21N3O3. The van der Waals surface area contributed by atoms with Gasteiger partial charge in [0.1, 0.15) is 17.1 Å². The number of nitrogens with zero attached hydrogens (tertiary/aromatic N) is 1. The molecule has 0 aliphatic rings. The van der Waals surface area contributed by atoms with Gasteiger partial charge in [-0.15, -0.1) is 0 Å². The maximum Gasteiger partial charge on any atom is 0.253 e. The third kappa shape index (κ3) is 3.25. The minimum Gasteiger partial charge on any atom is -0.495 e. The highest BCUT2D eigenvalue weighted by molar-refractivity contribution is 5.81. The first-order chi connectivity index (χ1) is 11.2. The second-order valence-corrected chi connectivity index (χ2v) is 6.79. The number of methoxy groups -OCH3 is 1. The lowest BCUT2D eigenvalue weighted by atomic mass is 9.87.